The standard InChI is InChI=1S/C25H24N2O2/c1-18-9-7-13-21(17-18)24(28)26-23(20-11-3-2-4-12-20)25(29)27-16-8-14-19-10-5-6-15-22(19)27/h2-7,9-13,15,17,23H,8,14,16H2,1H3,(H,26,28)/t23-/m1/s1. The number of aryl methyl sites for hydroxylation is 2. The highest BCUT2D eigenvalue weighted by Crippen LogP contribution is 2.29. The molecule has 1 heterocycles. The molecule has 0 bridgehead atoms. The van der Waals surface area contributed by atoms with Crippen LogP contribution in [0.25, 0.3) is 0 Å². The van der Waals surface area contributed by atoms with Crippen LogP contribution < -0.4 is 10.2 Å². The first-order chi connectivity index (χ1) is 14.1. The lowest BCUT2D eigenvalue weighted by Crippen LogP contribution is -2.45. The second kappa shape index (κ2) is 8.31. The van der Waals surface area contributed by atoms with Crippen molar-refractivity contribution in [1.29, 1.82) is 0 Å². The minimum absolute atomic E-state index is 0.107. The van der Waals surface area contributed by atoms with Crippen LogP contribution >= 0.6 is 0 Å². The third-order valence-electron chi connectivity index (χ3n) is 5.31. The van der Waals surface area contributed by atoms with E-state index in [0.717, 1.165) is 29.7 Å². The number of benzene rings is 3. The number of hydrogen-bond acceptors (Lipinski definition) is 2. The molecule has 2 amide bonds. The maximum atomic E-state index is 13.6. The van der Waals surface area contributed by atoms with Crippen LogP contribution in [0.3, 0.4) is 0 Å². The number of amides is 2. The van der Waals surface area contributed by atoms with Gasteiger partial charge >= 0.3 is 0 Å². The number of nitrogens with one attached hydrogen (secondary N) is 1. The number of carbonyl (C=O) groups is 2. The van der Waals surface area contributed by atoms with Gasteiger partial charge in [0.05, 0.1) is 0 Å². The highest BCUT2D eigenvalue weighted by molar-refractivity contribution is 6.03. The van der Waals surface area contributed by atoms with Gasteiger partial charge in [-0.15, -0.1) is 0 Å². The van der Waals surface area contributed by atoms with Gasteiger partial charge in [-0.05, 0) is 49.1 Å². The van der Waals surface area contributed by atoms with E-state index >= 15 is 0 Å². The molecule has 0 spiro atoms. The Labute approximate surface area is 171 Å². The predicted molar refractivity (Wildman–Crippen MR) is 115 cm³/mol. The topological polar surface area (TPSA) is 49.4 Å². The van der Waals surface area contributed by atoms with Crippen molar-refractivity contribution in [3.05, 3.63) is 101 Å². The fourth-order valence-corrected chi connectivity index (χ4v) is 3.85. The van der Waals surface area contributed by atoms with Crippen molar-refractivity contribution in [3.63, 3.8) is 0 Å². The Bertz CT molecular complexity index is 1030. The molecule has 4 rings (SSSR count). The number of nitrogens with zero attached hydrogens (tertiary/aromatic N) is 1. The summed E-state index contributed by atoms with van der Waals surface area (Å²) in [6.45, 7) is 2.60. The van der Waals surface area contributed by atoms with Crippen LogP contribution in [0.2, 0.25) is 0 Å². The van der Waals surface area contributed by atoms with E-state index in [1.807, 2.05) is 78.6 Å². The van der Waals surface area contributed by atoms with Gasteiger partial charge in [-0.1, -0.05) is 66.2 Å². The van der Waals surface area contributed by atoms with Gasteiger partial charge < -0.3 is 10.2 Å². The molecule has 146 valence electrons. The lowest BCUT2D eigenvalue weighted by atomic mass is 9.99. The van der Waals surface area contributed by atoms with Crippen LogP contribution in [0.15, 0.2) is 78.9 Å². The van der Waals surface area contributed by atoms with Crippen molar-refractivity contribution < 1.29 is 9.59 Å². The Morgan fingerprint density at radius 3 is 2.48 bits per heavy atom. The normalized spacial score (nSPS) is 14.0. The van der Waals surface area contributed by atoms with Crippen molar-refractivity contribution in [3.8, 4) is 0 Å². The van der Waals surface area contributed by atoms with E-state index in [9.17, 15) is 9.59 Å². The molecular weight excluding hydrogens is 360 g/mol. The second-order valence-corrected chi connectivity index (χ2v) is 7.41. The van der Waals surface area contributed by atoms with Crippen molar-refractivity contribution in [1.82, 2.24) is 5.32 Å². The summed E-state index contributed by atoms with van der Waals surface area (Å²) in [5, 5.41) is 2.97. The fourth-order valence-electron chi connectivity index (χ4n) is 3.85. The molecule has 4 nitrogen and oxygen atoms in total. The highest BCUT2D eigenvalue weighted by atomic mass is 16.2. The molecule has 1 N–H and O–H groups in total. The minimum atomic E-state index is -0.740. The lowest BCUT2D eigenvalue weighted by Gasteiger charge is -2.32. The van der Waals surface area contributed by atoms with Gasteiger partial charge in [0.15, 0.2) is 0 Å². The summed E-state index contributed by atoms with van der Waals surface area (Å²) in [6.07, 6.45) is 1.88. The van der Waals surface area contributed by atoms with Gasteiger partial charge in [-0.2, -0.15) is 0 Å². The van der Waals surface area contributed by atoms with Crippen molar-refractivity contribution in [2.45, 2.75) is 25.8 Å². The van der Waals surface area contributed by atoms with Gasteiger partial charge in [-0.25, -0.2) is 0 Å². The molecule has 0 aliphatic carbocycles. The number of hydrogen-bond donors (Lipinski definition) is 1. The van der Waals surface area contributed by atoms with Crippen LogP contribution in [0, 0.1) is 6.92 Å². The van der Waals surface area contributed by atoms with E-state index in [-0.39, 0.29) is 11.8 Å². The number of para-hydroxylation sites is 1. The third kappa shape index (κ3) is 4.06. The molecular formula is C25H24N2O2. The average Bonchev–Trinajstić information content (AvgIpc) is 2.77. The molecule has 0 unspecified atom stereocenters. The number of anilines is 1. The first-order valence-electron chi connectivity index (χ1n) is 9.95. The van der Waals surface area contributed by atoms with Crippen molar-refractivity contribution >= 4 is 17.5 Å². The monoisotopic (exact) mass is 384 g/mol. The zero-order valence-corrected chi connectivity index (χ0v) is 16.5. The summed E-state index contributed by atoms with van der Waals surface area (Å²) in [4.78, 5) is 28.4. The van der Waals surface area contributed by atoms with Crippen LogP contribution in [0.4, 0.5) is 5.69 Å². The molecule has 1 atom stereocenters. The van der Waals surface area contributed by atoms with Crippen LogP contribution in [0.1, 0.15) is 39.5 Å². The molecule has 29 heavy (non-hydrogen) atoms. The summed E-state index contributed by atoms with van der Waals surface area (Å²) >= 11 is 0. The number of fused-ring (bicyclic) bond motifs is 1. The van der Waals surface area contributed by atoms with E-state index < -0.39 is 6.04 Å². The summed E-state index contributed by atoms with van der Waals surface area (Å²) in [5.74, 6) is -0.356. The average molecular weight is 384 g/mol. The largest absolute Gasteiger partial charge is 0.336 e. The van der Waals surface area contributed by atoms with Crippen molar-refractivity contribution in [2.24, 2.45) is 0 Å². The number of rotatable bonds is 4. The molecule has 0 saturated carbocycles. The molecule has 0 radical (unpaired) electrons. The molecule has 0 saturated heterocycles. The molecule has 3 aromatic carbocycles. The molecule has 0 fully saturated rings. The molecule has 4 heteroatoms. The van der Waals surface area contributed by atoms with E-state index in [2.05, 4.69) is 11.4 Å². The van der Waals surface area contributed by atoms with Crippen LogP contribution in [0.5, 0.6) is 0 Å². The number of carbonyl (C=O) groups excluding carboxylic acids is 2. The van der Waals surface area contributed by atoms with E-state index in [1.54, 1.807) is 6.07 Å². The highest BCUT2D eigenvalue weighted by Gasteiger charge is 2.31. The second-order valence-electron chi connectivity index (χ2n) is 7.41. The smallest absolute Gasteiger partial charge is 0.254 e. The zero-order valence-electron chi connectivity index (χ0n) is 16.5. The Morgan fingerprint density at radius 1 is 0.931 bits per heavy atom. The maximum absolute atomic E-state index is 13.6. The third-order valence-corrected chi connectivity index (χ3v) is 5.31. The lowest BCUT2D eigenvalue weighted by molar-refractivity contribution is -0.120. The van der Waals surface area contributed by atoms with Crippen LogP contribution in [-0.2, 0) is 11.2 Å². The summed E-state index contributed by atoms with van der Waals surface area (Å²) in [7, 11) is 0. The van der Waals surface area contributed by atoms with Gasteiger partial charge in [0.25, 0.3) is 11.8 Å². The Balaban J connectivity index is 1.67. The Morgan fingerprint density at radius 2 is 1.69 bits per heavy atom. The molecule has 0 aromatic heterocycles. The Hall–Kier alpha value is -3.40. The van der Waals surface area contributed by atoms with Gasteiger partial charge in [0.2, 0.25) is 0 Å². The zero-order chi connectivity index (χ0) is 20.2. The van der Waals surface area contributed by atoms with Gasteiger partial charge in [0, 0.05) is 17.8 Å². The van der Waals surface area contributed by atoms with E-state index in [4.69, 9.17) is 0 Å². The summed E-state index contributed by atoms with van der Waals surface area (Å²) in [6, 6.07) is 24.1. The van der Waals surface area contributed by atoms with Gasteiger partial charge in [0.1, 0.15) is 6.04 Å². The Kier molecular flexibility index (Phi) is 5.43. The van der Waals surface area contributed by atoms with E-state index in [0.29, 0.717) is 12.1 Å². The molecule has 1 aliphatic rings. The summed E-state index contributed by atoms with van der Waals surface area (Å²) in [5.41, 5.74) is 4.45. The summed E-state index contributed by atoms with van der Waals surface area (Å²) < 4.78 is 0. The first kappa shape index (κ1) is 18.9. The SMILES string of the molecule is Cc1cccc(C(=O)N[C@@H](C(=O)N2CCCc3ccccc32)c2ccccc2)c1. The first-order valence-corrected chi connectivity index (χ1v) is 9.95. The maximum Gasteiger partial charge on any atom is 0.254 e. The van der Waals surface area contributed by atoms with Gasteiger partial charge in [-0.3, -0.25) is 9.59 Å². The van der Waals surface area contributed by atoms with Crippen molar-refractivity contribution in [2.75, 3.05) is 11.4 Å². The van der Waals surface area contributed by atoms with E-state index in [1.165, 1.54) is 5.56 Å². The molecule has 1 aliphatic heterocycles. The molecule has 3 aromatic rings. The fraction of sp³-hybridized carbons (Fsp3) is 0.200. The quantitative estimate of drug-likeness (QED) is 0.723. The predicted octanol–water partition coefficient (Wildman–Crippen LogP) is 4.45. The van der Waals surface area contributed by atoms with Crippen LogP contribution in [-0.4, -0.2) is 18.4 Å². The minimum Gasteiger partial charge on any atom is -0.336 e.